The molecule has 130 valence electrons. The van der Waals surface area contributed by atoms with E-state index in [9.17, 15) is 32.9 Å². The largest absolute Gasteiger partial charge is 0.483 e. The van der Waals surface area contributed by atoms with Crippen molar-refractivity contribution < 1.29 is 32.4 Å². The maximum absolute atomic E-state index is 12.9. The number of imide groups is 1. The molecule has 2 N–H and O–H groups in total. The SMILES string of the molecule is C=CCNC(=O)NC(=O)COc1ccc([N+](=O)[O-])cc1C(F)(F)F. The third kappa shape index (κ3) is 5.59. The number of amides is 3. The van der Waals surface area contributed by atoms with Gasteiger partial charge >= 0.3 is 12.2 Å². The molecule has 0 unspecified atom stereocenters. The first-order valence-electron chi connectivity index (χ1n) is 6.32. The van der Waals surface area contributed by atoms with E-state index in [1.165, 1.54) is 6.08 Å². The molecule has 0 aliphatic rings. The van der Waals surface area contributed by atoms with E-state index < -0.39 is 46.6 Å². The minimum Gasteiger partial charge on any atom is -0.483 e. The highest BCUT2D eigenvalue weighted by Gasteiger charge is 2.36. The van der Waals surface area contributed by atoms with Crippen LogP contribution in [0, 0.1) is 10.1 Å². The van der Waals surface area contributed by atoms with Gasteiger partial charge in [0.15, 0.2) is 6.61 Å². The molecule has 0 saturated carbocycles. The Morgan fingerprint density at radius 3 is 2.58 bits per heavy atom. The van der Waals surface area contributed by atoms with Crippen molar-refractivity contribution >= 4 is 17.6 Å². The highest BCUT2D eigenvalue weighted by atomic mass is 19.4. The second-order valence-electron chi connectivity index (χ2n) is 4.27. The number of rotatable bonds is 6. The third-order valence-corrected chi connectivity index (χ3v) is 2.50. The van der Waals surface area contributed by atoms with Crippen LogP contribution in [0.5, 0.6) is 5.75 Å². The van der Waals surface area contributed by atoms with E-state index in [0.29, 0.717) is 6.07 Å². The molecule has 24 heavy (non-hydrogen) atoms. The first-order chi connectivity index (χ1) is 11.1. The summed E-state index contributed by atoms with van der Waals surface area (Å²) in [6.07, 6.45) is -3.56. The number of halogens is 3. The normalized spacial score (nSPS) is 10.6. The number of non-ortho nitro benzene ring substituents is 1. The van der Waals surface area contributed by atoms with E-state index in [2.05, 4.69) is 11.9 Å². The van der Waals surface area contributed by atoms with E-state index in [-0.39, 0.29) is 6.54 Å². The molecule has 0 radical (unpaired) electrons. The molecule has 0 heterocycles. The van der Waals surface area contributed by atoms with Crippen LogP contribution >= 0.6 is 0 Å². The van der Waals surface area contributed by atoms with Gasteiger partial charge in [0.05, 0.1) is 4.92 Å². The van der Waals surface area contributed by atoms with Gasteiger partial charge in [-0.15, -0.1) is 6.58 Å². The Hall–Kier alpha value is -3.11. The van der Waals surface area contributed by atoms with Gasteiger partial charge in [0, 0.05) is 18.7 Å². The van der Waals surface area contributed by atoms with Crippen LogP contribution in [0.25, 0.3) is 0 Å². The number of nitrogens with one attached hydrogen (secondary N) is 2. The van der Waals surface area contributed by atoms with Crippen molar-refractivity contribution in [1.29, 1.82) is 0 Å². The number of hydrogen-bond acceptors (Lipinski definition) is 5. The van der Waals surface area contributed by atoms with Crippen molar-refractivity contribution in [2.45, 2.75) is 6.18 Å². The van der Waals surface area contributed by atoms with E-state index in [1.54, 1.807) is 0 Å². The zero-order valence-electron chi connectivity index (χ0n) is 12.1. The van der Waals surface area contributed by atoms with Crippen molar-refractivity contribution in [1.82, 2.24) is 10.6 Å². The Morgan fingerprint density at radius 2 is 2.04 bits per heavy atom. The smallest absolute Gasteiger partial charge is 0.420 e. The van der Waals surface area contributed by atoms with Gasteiger partial charge in [0.1, 0.15) is 11.3 Å². The van der Waals surface area contributed by atoms with Crippen molar-refractivity contribution in [2.75, 3.05) is 13.2 Å². The predicted octanol–water partition coefficient (Wildman–Crippen LogP) is 2.00. The first-order valence-corrected chi connectivity index (χ1v) is 6.32. The number of nitrogens with zero attached hydrogens (tertiary/aromatic N) is 1. The van der Waals surface area contributed by atoms with E-state index in [1.807, 2.05) is 5.32 Å². The zero-order valence-corrected chi connectivity index (χ0v) is 12.1. The lowest BCUT2D eigenvalue weighted by Gasteiger charge is -2.13. The fourth-order valence-electron chi connectivity index (χ4n) is 1.49. The Kier molecular flexibility index (Phi) is 6.27. The fraction of sp³-hybridized carbons (Fsp3) is 0.231. The number of alkyl halides is 3. The molecule has 3 amide bonds. The second-order valence-corrected chi connectivity index (χ2v) is 4.27. The molecule has 8 nitrogen and oxygen atoms in total. The lowest BCUT2D eigenvalue weighted by atomic mass is 10.1. The summed E-state index contributed by atoms with van der Waals surface area (Å²) in [5.74, 6) is -1.77. The number of ether oxygens (including phenoxy) is 1. The van der Waals surface area contributed by atoms with Crippen LogP contribution in [0.15, 0.2) is 30.9 Å². The summed E-state index contributed by atoms with van der Waals surface area (Å²) in [5, 5.41) is 14.6. The summed E-state index contributed by atoms with van der Waals surface area (Å²) in [5.41, 5.74) is -2.18. The summed E-state index contributed by atoms with van der Waals surface area (Å²) in [4.78, 5) is 32.1. The van der Waals surface area contributed by atoms with Crippen LogP contribution in [0.4, 0.5) is 23.7 Å². The van der Waals surface area contributed by atoms with E-state index >= 15 is 0 Å². The van der Waals surface area contributed by atoms with Crippen LogP contribution < -0.4 is 15.4 Å². The van der Waals surface area contributed by atoms with Gasteiger partial charge in [-0.25, -0.2) is 4.79 Å². The number of carbonyl (C=O) groups excluding carboxylic acids is 2. The average molecular weight is 347 g/mol. The average Bonchev–Trinajstić information content (AvgIpc) is 2.49. The molecule has 0 fully saturated rings. The Morgan fingerprint density at radius 1 is 1.38 bits per heavy atom. The Bertz CT molecular complexity index is 661. The highest BCUT2D eigenvalue weighted by Crippen LogP contribution is 2.38. The van der Waals surface area contributed by atoms with Gasteiger partial charge in [-0.3, -0.25) is 20.2 Å². The molecule has 0 aliphatic carbocycles. The van der Waals surface area contributed by atoms with Gasteiger partial charge in [-0.2, -0.15) is 13.2 Å². The van der Waals surface area contributed by atoms with Crippen LogP contribution in [0.2, 0.25) is 0 Å². The fourth-order valence-corrected chi connectivity index (χ4v) is 1.49. The highest BCUT2D eigenvalue weighted by molar-refractivity contribution is 5.95. The lowest BCUT2D eigenvalue weighted by Crippen LogP contribution is -2.41. The molecule has 0 atom stereocenters. The molecule has 0 spiro atoms. The summed E-state index contributed by atoms with van der Waals surface area (Å²) in [6, 6.07) is 0.957. The molecule has 1 rings (SSSR count). The number of carbonyl (C=O) groups is 2. The summed E-state index contributed by atoms with van der Waals surface area (Å²) >= 11 is 0. The van der Waals surface area contributed by atoms with Gasteiger partial charge in [0.25, 0.3) is 11.6 Å². The molecule has 0 aromatic heterocycles. The summed E-state index contributed by atoms with van der Waals surface area (Å²) in [7, 11) is 0. The maximum Gasteiger partial charge on any atom is 0.420 e. The first kappa shape index (κ1) is 18.9. The van der Waals surface area contributed by atoms with Gasteiger partial charge < -0.3 is 10.1 Å². The Labute approximate surface area is 133 Å². The number of nitro groups is 1. The maximum atomic E-state index is 12.9. The molecule has 0 saturated heterocycles. The molecule has 1 aromatic rings. The third-order valence-electron chi connectivity index (χ3n) is 2.50. The number of benzene rings is 1. The van der Waals surface area contributed by atoms with E-state index in [4.69, 9.17) is 4.74 Å². The van der Waals surface area contributed by atoms with Crippen LogP contribution in [0.1, 0.15) is 5.56 Å². The number of hydrogen-bond donors (Lipinski definition) is 2. The molecular formula is C13H12F3N3O5. The van der Waals surface area contributed by atoms with Gasteiger partial charge in [-0.1, -0.05) is 6.08 Å². The second kappa shape index (κ2) is 7.94. The van der Waals surface area contributed by atoms with Gasteiger partial charge in [-0.05, 0) is 6.07 Å². The summed E-state index contributed by atoms with van der Waals surface area (Å²) in [6.45, 7) is 2.53. The molecule has 0 bridgehead atoms. The standard InChI is InChI=1S/C13H12F3N3O5/c1-2-5-17-12(21)18-11(20)7-24-10-4-3-8(19(22)23)6-9(10)13(14,15)16/h2-4,6H,1,5,7H2,(H2,17,18,20,21). The van der Waals surface area contributed by atoms with Crippen LogP contribution in [-0.2, 0) is 11.0 Å². The monoisotopic (exact) mass is 347 g/mol. The number of urea groups is 1. The van der Waals surface area contributed by atoms with Crippen molar-refractivity contribution in [3.8, 4) is 5.75 Å². The van der Waals surface area contributed by atoms with E-state index in [0.717, 1.165) is 12.1 Å². The molecular weight excluding hydrogens is 335 g/mol. The number of nitro benzene ring substituents is 1. The Balaban J connectivity index is 2.80. The van der Waals surface area contributed by atoms with Crippen molar-refractivity contribution in [3.05, 3.63) is 46.5 Å². The minimum absolute atomic E-state index is 0.0839. The predicted molar refractivity (Wildman–Crippen MR) is 75.3 cm³/mol. The molecule has 1 aromatic carbocycles. The van der Waals surface area contributed by atoms with Gasteiger partial charge in [0.2, 0.25) is 0 Å². The summed E-state index contributed by atoms with van der Waals surface area (Å²) < 4.78 is 43.4. The zero-order chi connectivity index (χ0) is 18.3. The molecule has 0 aliphatic heterocycles. The molecule has 11 heteroatoms. The van der Waals surface area contributed by atoms with Crippen LogP contribution in [-0.4, -0.2) is 30.0 Å². The van der Waals surface area contributed by atoms with Crippen LogP contribution in [0.3, 0.4) is 0 Å². The van der Waals surface area contributed by atoms with Crippen molar-refractivity contribution in [3.63, 3.8) is 0 Å². The lowest BCUT2D eigenvalue weighted by molar-refractivity contribution is -0.385. The minimum atomic E-state index is -4.92. The topological polar surface area (TPSA) is 111 Å². The quantitative estimate of drug-likeness (QED) is 0.465. The van der Waals surface area contributed by atoms with Crippen molar-refractivity contribution in [2.24, 2.45) is 0 Å².